The number of nitrogens with zero attached hydrogens (tertiary/aromatic N) is 4. The van der Waals surface area contributed by atoms with E-state index in [1.165, 1.54) is 0 Å². The third-order valence-electron chi connectivity index (χ3n) is 7.26. The second kappa shape index (κ2) is 13.4. The molecule has 0 saturated carbocycles. The monoisotopic (exact) mass is 558 g/mol. The molecule has 0 unspecified atom stereocenters. The zero-order valence-corrected chi connectivity index (χ0v) is 24.0. The number of nitrogens with one attached hydrogen (secondary N) is 2. The molecule has 216 valence electrons. The Bertz CT molecular complexity index is 1460. The van der Waals surface area contributed by atoms with Gasteiger partial charge in [-0.1, -0.05) is 0 Å². The highest BCUT2D eigenvalue weighted by Gasteiger charge is 2.17. The number of ether oxygens (including phenoxy) is 3. The molecular weight excluding hydrogens is 520 g/mol. The molecule has 2 aromatic carbocycles. The first-order valence-corrected chi connectivity index (χ1v) is 14.0. The molecule has 41 heavy (non-hydrogen) atoms. The SMILES string of the molecule is COc1ccc(OCCCOc2ccc3cc2CCC(=O)N(C)CCCN(C)Cc2c[nH]c4ncnc(c24)N3)cc1. The Hall–Kier alpha value is -4.31. The molecule has 3 heterocycles. The standard InChI is InChI=1S/C31H38N6O4/c1-36-14-4-15-37(2)28(38)13-6-22-18-24(35-31-29-23(20-36)19-32-30(29)33-21-34-31)7-12-27(22)41-17-5-16-40-26-10-8-25(39-3)9-11-26/h7-12,18-19,21H,4-6,13-17,20H2,1-3H3,(H2,32,33,34,35). The molecule has 0 saturated heterocycles. The molecule has 0 spiro atoms. The van der Waals surface area contributed by atoms with Gasteiger partial charge in [-0.05, 0) is 80.0 Å². The fourth-order valence-electron chi connectivity index (χ4n) is 4.98. The van der Waals surface area contributed by atoms with Crippen molar-refractivity contribution in [3.63, 3.8) is 0 Å². The third kappa shape index (κ3) is 7.26. The summed E-state index contributed by atoms with van der Waals surface area (Å²) in [6, 6.07) is 13.5. The van der Waals surface area contributed by atoms with Gasteiger partial charge in [0.2, 0.25) is 5.91 Å². The summed E-state index contributed by atoms with van der Waals surface area (Å²) in [7, 11) is 5.62. The van der Waals surface area contributed by atoms with E-state index in [0.717, 1.165) is 76.8 Å². The second-order valence-corrected chi connectivity index (χ2v) is 10.3. The van der Waals surface area contributed by atoms with Gasteiger partial charge in [-0.3, -0.25) is 4.79 Å². The first kappa shape index (κ1) is 28.2. The molecule has 2 bridgehead atoms. The van der Waals surface area contributed by atoms with E-state index in [1.807, 2.05) is 54.5 Å². The van der Waals surface area contributed by atoms with Gasteiger partial charge in [0, 0.05) is 44.9 Å². The number of hydrogen-bond acceptors (Lipinski definition) is 8. The van der Waals surface area contributed by atoms with Crippen molar-refractivity contribution in [2.24, 2.45) is 0 Å². The molecule has 0 fully saturated rings. The summed E-state index contributed by atoms with van der Waals surface area (Å²) in [5.41, 5.74) is 3.77. The van der Waals surface area contributed by atoms with Gasteiger partial charge < -0.3 is 34.3 Å². The number of aryl methyl sites for hydroxylation is 1. The summed E-state index contributed by atoms with van der Waals surface area (Å²) < 4.78 is 17.2. The fourth-order valence-corrected chi connectivity index (χ4v) is 4.98. The number of amides is 1. The molecule has 10 heteroatoms. The van der Waals surface area contributed by atoms with Gasteiger partial charge in [0.15, 0.2) is 0 Å². The largest absolute Gasteiger partial charge is 0.497 e. The van der Waals surface area contributed by atoms with E-state index in [0.29, 0.717) is 32.6 Å². The lowest BCUT2D eigenvalue weighted by molar-refractivity contribution is -0.129. The molecule has 2 N–H and O–H groups in total. The number of aromatic amines is 1. The Morgan fingerprint density at radius 1 is 0.927 bits per heavy atom. The van der Waals surface area contributed by atoms with Crippen molar-refractivity contribution < 1.29 is 19.0 Å². The molecule has 2 aromatic heterocycles. The van der Waals surface area contributed by atoms with E-state index in [4.69, 9.17) is 14.2 Å². The first-order valence-electron chi connectivity index (χ1n) is 14.0. The van der Waals surface area contributed by atoms with E-state index in [-0.39, 0.29) is 5.91 Å². The summed E-state index contributed by atoms with van der Waals surface area (Å²) in [6.45, 7) is 3.36. The maximum atomic E-state index is 12.9. The summed E-state index contributed by atoms with van der Waals surface area (Å²) in [5.74, 6) is 3.23. The number of aromatic nitrogens is 3. The summed E-state index contributed by atoms with van der Waals surface area (Å²) in [4.78, 5) is 29.3. The topological polar surface area (TPSA) is 105 Å². The Kier molecular flexibility index (Phi) is 9.20. The molecule has 5 rings (SSSR count). The number of hydrogen-bond donors (Lipinski definition) is 2. The predicted molar refractivity (Wildman–Crippen MR) is 159 cm³/mol. The number of rotatable bonds is 7. The Morgan fingerprint density at radius 2 is 1.73 bits per heavy atom. The minimum absolute atomic E-state index is 0.127. The van der Waals surface area contributed by atoms with Gasteiger partial charge in [0.1, 0.15) is 35.0 Å². The lowest BCUT2D eigenvalue weighted by Gasteiger charge is -2.21. The highest BCUT2D eigenvalue weighted by atomic mass is 16.5. The van der Waals surface area contributed by atoms with Gasteiger partial charge in [-0.25, -0.2) is 9.97 Å². The number of carbonyl (C=O) groups excluding carboxylic acids is 1. The first-order chi connectivity index (χ1) is 20.0. The van der Waals surface area contributed by atoms with Gasteiger partial charge in [0.05, 0.1) is 25.7 Å². The van der Waals surface area contributed by atoms with Crippen LogP contribution >= 0.6 is 0 Å². The van der Waals surface area contributed by atoms with Crippen LogP contribution in [0.15, 0.2) is 55.0 Å². The number of benzene rings is 2. The molecule has 0 radical (unpaired) electrons. The van der Waals surface area contributed by atoms with Crippen LogP contribution in [0.2, 0.25) is 0 Å². The number of anilines is 2. The summed E-state index contributed by atoms with van der Waals surface area (Å²) in [6.07, 6.45) is 6.16. The second-order valence-electron chi connectivity index (χ2n) is 10.3. The van der Waals surface area contributed by atoms with Crippen molar-refractivity contribution in [1.82, 2.24) is 24.8 Å². The summed E-state index contributed by atoms with van der Waals surface area (Å²) in [5, 5.41) is 4.47. The van der Waals surface area contributed by atoms with Crippen LogP contribution < -0.4 is 19.5 Å². The zero-order valence-electron chi connectivity index (χ0n) is 24.0. The molecule has 10 nitrogen and oxygen atoms in total. The minimum Gasteiger partial charge on any atom is -0.497 e. The zero-order chi connectivity index (χ0) is 28.6. The smallest absolute Gasteiger partial charge is 0.222 e. The Morgan fingerprint density at radius 3 is 2.56 bits per heavy atom. The average molecular weight is 559 g/mol. The van der Waals surface area contributed by atoms with Crippen LogP contribution in [0, 0.1) is 0 Å². The van der Waals surface area contributed by atoms with E-state index >= 15 is 0 Å². The Labute approximate surface area is 240 Å². The molecule has 0 atom stereocenters. The highest BCUT2D eigenvalue weighted by molar-refractivity contribution is 5.92. The van der Waals surface area contributed by atoms with E-state index < -0.39 is 0 Å². The van der Waals surface area contributed by atoms with Gasteiger partial charge >= 0.3 is 0 Å². The lowest BCUT2D eigenvalue weighted by Crippen LogP contribution is -2.30. The van der Waals surface area contributed by atoms with Crippen LogP contribution in [0.25, 0.3) is 11.0 Å². The summed E-state index contributed by atoms with van der Waals surface area (Å²) >= 11 is 0. The quantitative estimate of drug-likeness (QED) is 0.312. The van der Waals surface area contributed by atoms with Crippen molar-refractivity contribution >= 4 is 28.4 Å². The van der Waals surface area contributed by atoms with Gasteiger partial charge in [-0.15, -0.1) is 0 Å². The lowest BCUT2D eigenvalue weighted by atomic mass is 10.1. The maximum Gasteiger partial charge on any atom is 0.222 e. The number of methoxy groups -OCH3 is 1. The number of fused-ring (bicyclic) bond motifs is 2. The van der Waals surface area contributed by atoms with Gasteiger partial charge in [0.25, 0.3) is 0 Å². The molecular formula is C31H38N6O4. The van der Waals surface area contributed by atoms with Crippen LogP contribution in [-0.4, -0.2) is 78.2 Å². The van der Waals surface area contributed by atoms with Crippen molar-refractivity contribution in [3.05, 3.63) is 66.1 Å². The normalized spacial score (nSPS) is 15.0. The molecule has 1 aliphatic rings. The Balaban J connectivity index is 1.32. The molecule has 0 aliphatic carbocycles. The highest BCUT2D eigenvalue weighted by Crippen LogP contribution is 2.30. The molecule has 4 aromatic rings. The van der Waals surface area contributed by atoms with Gasteiger partial charge in [-0.2, -0.15) is 0 Å². The van der Waals surface area contributed by atoms with E-state index in [2.05, 4.69) is 38.3 Å². The van der Waals surface area contributed by atoms with Crippen molar-refractivity contribution in [2.75, 3.05) is 52.8 Å². The molecule has 1 amide bonds. The number of carbonyl (C=O) groups is 1. The van der Waals surface area contributed by atoms with Crippen LogP contribution in [0.1, 0.15) is 30.4 Å². The predicted octanol–water partition coefficient (Wildman–Crippen LogP) is 4.78. The molecule has 1 aliphatic heterocycles. The third-order valence-corrected chi connectivity index (χ3v) is 7.26. The van der Waals surface area contributed by atoms with E-state index in [9.17, 15) is 4.79 Å². The average Bonchev–Trinajstić information content (AvgIpc) is 3.39. The number of H-pyrrole nitrogens is 1. The van der Waals surface area contributed by atoms with Crippen molar-refractivity contribution in [3.8, 4) is 17.2 Å². The fraction of sp³-hybridized carbons (Fsp3) is 0.387. The van der Waals surface area contributed by atoms with Crippen LogP contribution in [0.5, 0.6) is 17.2 Å². The van der Waals surface area contributed by atoms with Crippen molar-refractivity contribution in [1.29, 1.82) is 0 Å². The van der Waals surface area contributed by atoms with Crippen LogP contribution in [0.4, 0.5) is 11.5 Å². The van der Waals surface area contributed by atoms with Crippen LogP contribution in [-0.2, 0) is 17.8 Å². The minimum atomic E-state index is 0.127. The van der Waals surface area contributed by atoms with Crippen LogP contribution in [0.3, 0.4) is 0 Å². The van der Waals surface area contributed by atoms with E-state index in [1.54, 1.807) is 13.4 Å². The maximum absolute atomic E-state index is 12.9. The van der Waals surface area contributed by atoms with Crippen molar-refractivity contribution in [2.45, 2.75) is 32.2 Å².